The van der Waals surface area contributed by atoms with E-state index in [0.29, 0.717) is 37.7 Å². The Morgan fingerprint density at radius 3 is 2.27 bits per heavy atom. The Kier molecular flexibility index (Phi) is 5.24. The third-order valence-electron chi connectivity index (χ3n) is 6.18. The van der Waals surface area contributed by atoms with Gasteiger partial charge in [0.1, 0.15) is 23.7 Å². The van der Waals surface area contributed by atoms with Crippen molar-refractivity contribution in [3.63, 3.8) is 0 Å². The summed E-state index contributed by atoms with van der Waals surface area (Å²) in [6, 6.07) is 7.23. The van der Waals surface area contributed by atoms with E-state index in [1.807, 2.05) is 6.07 Å². The second-order valence-electron chi connectivity index (χ2n) is 8.04. The molecular formula is C21H27N5O3S. The van der Waals surface area contributed by atoms with Crippen LogP contribution in [0.15, 0.2) is 35.5 Å². The summed E-state index contributed by atoms with van der Waals surface area (Å²) in [6.45, 7) is 4.81. The number of piperazine rings is 1. The largest absolute Gasteiger partial charge is 0.493 e. The quantitative estimate of drug-likeness (QED) is 0.735. The minimum Gasteiger partial charge on any atom is -0.493 e. The van der Waals surface area contributed by atoms with Crippen molar-refractivity contribution in [3.8, 4) is 5.75 Å². The van der Waals surface area contributed by atoms with Crippen molar-refractivity contribution in [3.05, 3.63) is 36.2 Å². The van der Waals surface area contributed by atoms with Gasteiger partial charge in [-0.15, -0.1) is 0 Å². The van der Waals surface area contributed by atoms with Gasteiger partial charge in [0.25, 0.3) is 0 Å². The van der Waals surface area contributed by atoms with Crippen molar-refractivity contribution in [1.82, 2.24) is 14.3 Å². The number of benzene rings is 1. The van der Waals surface area contributed by atoms with E-state index in [9.17, 15) is 8.42 Å². The summed E-state index contributed by atoms with van der Waals surface area (Å²) in [4.78, 5) is 13.7. The van der Waals surface area contributed by atoms with E-state index in [0.717, 1.165) is 42.5 Å². The minimum atomic E-state index is -3.50. The van der Waals surface area contributed by atoms with E-state index in [4.69, 9.17) is 4.74 Å². The Hall–Kier alpha value is -2.39. The Labute approximate surface area is 177 Å². The van der Waals surface area contributed by atoms with Crippen LogP contribution in [0.2, 0.25) is 0 Å². The fraction of sp³-hybridized carbons (Fsp3) is 0.524. The number of ether oxygens (including phenoxy) is 1. The third kappa shape index (κ3) is 3.72. The van der Waals surface area contributed by atoms with Crippen LogP contribution in [0, 0.1) is 0 Å². The Morgan fingerprint density at radius 2 is 1.53 bits per heavy atom. The Bertz CT molecular complexity index is 1020. The van der Waals surface area contributed by atoms with Crippen LogP contribution >= 0.6 is 0 Å². The lowest BCUT2D eigenvalue weighted by Gasteiger charge is -2.35. The average Bonchev–Trinajstić information content (AvgIpc) is 3.28. The summed E-state index contributed by atoms with van der Waals surface area (Å²) in [5.41, 5.74) is 0.973. The molecule has 0 radical (unpaired) electrons. The summed E-state index contributed by atoms with van der Waals surface area (Å²) in [6.07, 6.45) is 6.06. The van der Waals surface area contributed by atoms with Crippen LogP contribution in [0.3, 0.4) is 0 Å². The van der Waals surface area contributed by atoms with Crippen LogP contribution < -0.4 is 14.5 Å². The summed E-state index contributed by atoms with van der Waals surface area (Å²) in [5.74, 6) is 2.64. The molecule has 30 heavy (non-hydrogen) atoms. The van der Waals surface area contributed by atoms with Gasteiger partial charge in [-0.1, -0.05) is 0 Å². The molecule has 0 aliphatic carbocycles. The van der Waals surface area contributed by atoms with Crippen molar-refractivity contribution in [2.45, 2.75) is 30.6 Å². The fourth-order valence-electron chi connectivity index (χ4n) is 4.44. The van der Waals surface area contributed by atoms with E-state index >= 15 is 0 Å². The number of fused-ring (bicyclic) bond motifs is 1. The van der Waals surface area contributed by atoms with Crippen LogP contribution in [0.5, 0.6) is 5.75 Å². The molecule has 0 bridgehead atoms. The molecule has 0 atom stereocenters. The van der Waals surface area contributed by atoms with E-state index in [1.165, 1.54) is 19.3 Å². The molecule has 2 aromatic rings. The summed E-state index contributed by atoms with van der Waals surface area (Å²) in [5, 5.41) is 0. The first-order valence-corrected chi connectivity index (χ1v) is 12.1. The SMILES string of the molecule is O=S(=O)(c1ccc2c(c1)CCO2)N1CCN(c2cc(N3CCCCC3)ncn2)CC1. The number of piperidine rings is 1. The zero-order valence-corrected chi connectivity index (χ0v) is 17.9. The van der Waals surface area contributed by atoms with Crippen LogP contribution in [0.1, 0.15) is 24.8 Å². The molecule has 9 heteroatoms. The molecule has 3 aliphatic heterocycles. The molecule has 2 saturated heterocycles. The smallest absolute Gasteiger partial charge is 0.243 e. The number of hydrogen-bond donors (Lipinski definition) is 0. The maximum absolute atomic E-state index is 13.1. The molecule has 0 amide bonds. The first kappa shape index (κ1) is 19.6. The van der Waals surface area contributed by atoms with Crippen molar-refractivity contribution < 1.29 is 13.2 Å². The molecule has 0 saturated carbocycles. The molecule has 5 rings (SSSR count). The molecule has 4 heterocycles. The van der Waals surface area contributed by atoms with Gasteiger partial charge in [0, 0.05) is 51.8 Å². The predicted molar refractivity (Wildman–Crippen MR) is 115 cm³/mol. The summed E-state index contributed by atoms with van der Waals surface area (Å²) >= 11 is 0. The highest BCUT2D eigenvalue weighted by molar-refractivity contribution is 7.89. The standard InChI is InChI=1S/C21H27N5O3S/c27-30(28,18-4-5-19-17(14-18)6-13-29-19)26-11-9-25(10-12-26)21-15-20(22-16-23-21)24-7-2-1-3-8-24/h4-5,14-16H,1-3,6-13H2. The Morgan fingerprint density at radius 1 is 0.833 bits per heavy atom. The van der Waals surface area contributed by atoms with Gasteiger partial charge in [-0.05, 0) is 43.0 Å². The van der Waals surface area contributed by atoms with Gasteiger partial charge >= 0.3 is 0 Å². The predicted octanol–water partition coefficient (Wildman–Crippen LogP) is 1.91. The van der Waals surface area contributed by atoms with E-state index in [1.54, 1.807) is 28.8 Å². The van der Waals surface area contributed by atoms with Crippen molar-refractivity contribution >= 4 is 21.7 Å². The number of sulfonamides is 1. The van der Waals surface area contributed by atoms with E-state index in [-0.39, 0.29) is 0 Å². The van der Waals surface area contributed by atoms with Gasteiger partial charge in [-0.2, -0.15) is 4.31 Å². The normalized spacial score (nSPS) is 20.1. The number of rotatable bonds is 4. The molecule has 0 unspecified atom stereocenters. The van der Waals surface area contributed by atoms with Gasteiger partial charge in [-0.25, -0.2) is 18.4 Å². The lowest BCUT2D eigenvalue weighted by atomic mass is 10.1. The van der Waals surface area contributed by atoms with Crippen LogP contribution in [0.4, 0.5) is 11.6 Å². The van der Waals surface area contributed by atoms with Gasteiger partial charge in [0.15, 0.2) is 0 Å². The van der Waals surface area contributed by atoms with E-state index < -0.39 is 10.0 Å². The number of nitrogens with zero attached hydrogens (tertiary/aromatic N) is 5. The molecule has 160 valence electrons. The number of aromatic nitrogens is 2. The van der Waals surface area contributed by atoms with Crippen molar-refractivity contribution in [2.24, 2.45) is 0 Å². The topological polar surface area (TPSA) is 78.9 Å². The highest BCUT2D eigenvalue weighted by Crippen LogP contribution is 2.29. The molecule has 2 fully saturated rings. The van der Waals surface area contributed by atoms with Crippen LogP contribution in [-0.4, -0.2) is 68.6 Å². The lowest BCUT2D eigenvalue weighted by molar-refractivity contribution is 0.356. The second-order valence-corrected chi connectivity index (χ2v) is 9.98. The average molecular weight is 430 g/mol. The molecule has 0 N–H and O–H groups in total. The molecule has 0 spiro atoms. The maximum Gasteiger partial charge on any atom is 0.243 e. The first-order chi connectivity index (χ1) is 14.6. The highest BCUT2D eigenvalue weighted by Gasteiger charge is 2.30. The van der Waals surface area contributed by atoms with Crippen LogP contribution in [0.25, 0.3) is 0 Å². The molecule has 1 aromatic heterocycles. The molecule has 3 aliphatic rings. The van der Waals surface area contributed by atoms with E-state index in [2.05, 4.69) is 19.8 Å². The van der Waals surface area contributed by atoms with Crippen LogP contribution in [-0.2, 0) is 16.4 Å². The highest BCUT2D eigenvalue weighted by atomic mass is 32.2. The first-order valence-electron chi connectivity index (χ1n) is 10.7. The monoisotopic (exact) mass is 429 g/mol. The minimum absolute atomic E-state index is 0.356. The number of anilines is 2. The number of hydrogen-bond acceptors (Lipinski definition) is 7. The van der Waals surface area contributed by atoms with Gasteiger partial charge in [0.05, 0.1) is 11.5 Å². The maximum atomic E-state index is 13.1. The second kappa shape index (κ2) is 8.03. The zero-order chi connectivity index (χ0) is 20.6. The van der Waals surface area contributed by atoms with Gasteiger partial charge < -0.3 is 14.5 Å². The lowest BCUT2D eigenvalue weighted by Crippen LogP contribution is -2.49. The van der Waals surface area contributed by atoms with Crippen molar-refractivity contribution in [2.75, 3.05) is 55.7 Å². The fourth-order valence-corrected chi connectivity index (χ4v) is 5.91. The Balaban J connectivity index is 1.27. The molecule has 8 nitrogen and oxygen atoms in total. The van der Waals surface area contributed by atoms with Gasteiger partial charge in [0.2, 0.25) is 10.0 Å². The summed E-state index contributed by atoms with van der Waals surface area (Å²) < 4.78 is 33.3. The molecular weight excluding hydrogens is 402 g/mol. The van der Waals surface area contributed by atoms with Gasteiger partial charge in [-0.3, -0.25) is 0 Å². The summed E-state index contributed by atoms with van der Waals surface area (Å²) in [7, 11) is -3.50. The zero-order valence-electron chi connectivity index (χ0n) is 17.0. The third-order valence-corrected chi connectivity index (χ3v) is 8.07. The van der Waals surface area contributed by atoms with Crippen molar-refractivity contribution in [1.29, 1.82) is 0 Å². The molecule has 1 aromatic carbocycles.